The fourth-order valence-electron chi connectivity index (χ4n) is 2.65. The van der Waals surface area contributed by atoms with Gasteiger partial charge in [-0.1, -0.05) is 6.42 Å². The number of pyridine rings is 1. The van der Waals surface area contributed by atoms with E-state index in [-0.39, 0.29) is 0 Å². The molecule has 1 aliphatic carbocycles. The molecule has 1 heterocycles. The minimum Gasteiger partial charge on any atom is -0.490 e. The number of hydrogen-bond acceptors (Lipinski definition) is 3. The molecule has 0 unspecified atom stereocenters. The SMILES string of the molecule is Nc1ccc(OC2CCCCC2)c2ccncc12. The molecule has 18 heavy (non-hydrogen) atoms. The van der Waals surface area contributed by atoms with Crippen LogP contribution in [0.1, 0.15) is 32.1 Å². The number of anilines is 1. The van der Waals surface area contributed by atoms with Crippen LogP contribution in [-0.4, -0.2) is 11.1 Å². The highest BCUT2D eigenvalue weighted by Gasteiger charge is 2.16. The van der Waals surface area contributed by atoms with Crippen molar-refractivity contribution in [3.8, 4) is 5.75 Å². The number of aromatic nitrogens is 1. The molecule has 94 valence electrons. The highest BCUT2D eigenvalue weighted by atomic mass is 16.5. The lowest BCUT2D eigenvalue weighted by Gasteiger charge is -2.23. The van der Waals surface area contributed by atoms with Crippen molar-refractivity contribution >= 4 is 16.5 Å². The summed E-state index contributed by atoms with van der Waals surface area (Å²) in [6.45, 7) is 0. The molecule has 1 saturated carbocycles. The van der Waals surface area contributed by atoms with Gasteiger partial charge in [-0.05, 0) is 43.9 Å². The Hall–Kier alpha value is -1.77. The molecule has 0 amide bonds. The summed E-state index contributed by atoms with van der Waals surface area (Å²) in [4.78, 5) is 4.13. The monoisotopic (exact) mass is 242 g/mol. The van der Waals surface area contributed by atoms with Crippen molar-refractivity contribution in [2.75, 3.05) is 5.73 Å². The van der Waals surface area contributed by atoms with E-state index in [9.17, 15) is 0 Å². The van der Waals surface area contributed by atoms with Crippen LogP contribution in [0.25, 0.3) is 10.8 Å². The van der Waals surface area contributed by atoms with E-state index in [1.54, 1.807) is 12.4 Å². The van der Waals surface area contributed by atoms with Gasteiger partial charge >= 0.3 is 0 Å². The molecule has 0 atom stereocenters. The van der Waals surface area contributed by atoms with E-state index in [4.69, 9.17) is 10.5 Å². The minimum atomic E-state index is 0.360. The second-order valence-electron chi connectivity index (χ2n) is 4.95. The van der Waals surface area contributed by atoms with Gasteiger partial charge in [0.05, 0.1) is 6.10 Å². The maximum absolute atomic E-state index is 6.14. The van der Waals surface area contributed by atoms with Crippen LogP contribution in [0.3, 0.4) is 0 Å². The Kier molecular flexibility index (Phi) is 3.05. The van der Waals surface area contributed by atoms with Crippen LogP contribution in [0.15, 0.2) is 30.6 Å². The van der Waals surface area contributed by atoms with Crippen molar-refractivity contribution in [2.24, 2.45) is 0 Å². The van der Waals surface area contributed by atoms with Gasteiger partial charge in [-0.25, -0.2) is 0 Å². The van der Waals surface area contributed by atoms with Crippen molar-refractivity contribution in [3.05, 3.63) is 30.6 Å². The largest absolute Gasteiger partial charge is 0.490 e. The molecule has 1 aromatic heterocycles. The van der Waals surface area contributed by atoms with Crippen molar-refractivity contribution in [2.45, 2.75) is 38.2 Å². The van der Waals surface area contributed by atoms with Crippen LogP contribution >= 0.6 is 0 Å². The van der Waals surface area contributed by atoms with Gasteiger partial charge in [-0.2, -0.15) is 0 Å². The smallest absolute Gasteiger partial charge is 0.127 e. The maximum Gasteiger partial charge on any atom is 0.127 e. The van der Waals surface area contributed by atoms with E-state index < -0.39 is 0 Å². The van der Waals surface area contributed by atoms with Gasteiger partial charge in [-0.3, -0.25) is 4.98 Å². The number of nitrogens with two attached hydrogens (primary N) is 1. The van der Waals surface area contributed by atoms with Crippen LogP contribution < -0.4 is 10.5 Å². The van der Waals surface area contributed by atoms with Gasteiger partial charge in [0.25, 0.3) is 0 Å². The maximum atomic E-state index is 6.14. The average molecular weight is 242 g/mol. The second kappa shape index (κ2) is 4.84. The average Bonchev–Trinajstić information content (AvgIpc) is 2.44. The standard InChI is InChI=1S/C15H18N2O/c16-14-6-7-15(12-8-9-17-10-13(12)14)18-11-4-2-1-3-5-11/h6-11H,1-5,16H2. The second-order valence-corrected chi connectivity index (χ2v) is 4.95. The molecule has 3 nitrogen and oxygen atoms in total. The number of nitrogens with zero attached hydrogens (tertiary/aromatic N) is 1. The third kappa shape index (κ3) is 2.13. The number of hydrogen-bond donors (Lipinski definition) is 1. The molecule has 0 bridgehead atoms. The van der Waals surface area contributed by atoms with Gasteiger partial charge in [0, 0.05) is 28.9 Å². The number of nitrogen functional groups attached to an aromatic ring is 1. The van der Waals surface area contributed by atoms with Crippen molar-refractivity contribution in [1.29, 1.82) is 0 Å². The van der Waals surface area contributed by atoms with Crippen molar-refractivity contribution < 1.29 is 4.74 Å². The minimum absolute atomic E-state index is 0.360. The molecule has 2 N–H and O–H groups in total. The molecule has 0 saturated heterocycles. The first-order chi connectivity index (χ1) is 8.84. The number of benzene rings is 1. The molecule has 3 heteroatoms. The zero-order chi connectivity index (χ0) is 12.4. The summed E-state index contributed by atoms with van der Waals surface area (Å²) in [5.74, 6) is 0.938. The summed E-state index contributed by atoms with van der Waals surface area (Å²) in [5, 5.41) is 2.04. The Bertz CT molecular complexity index is 547. The summed E-state index contributed by atoms with van der Waals surface area (Å²) >= 11 is 0. The highest BCUT2D eigenvalue weighted by molar-refractivity contribution is 5.96. The fraction of sp³-hybridized carbons (Fsp3) is 0.400. The molecule has 1 aliphatic rings. The van der Waals surface area contributed by atoms with Crippen LogP contribution in [0.2, 0.25) is 0 Å². The van der Waals surface area contributed by atoms with Gasteiger partial charge in [0.15, 0.2) is 0 Å². The summed E-state index contributed by atoms with van der Waals surface area (Å²) in [5.41, 5.74) is 6.72. The quantitative estimate of drug-likeness (QED) is 0.819. The van der Waals surface area contributed by atoms with Crippen LogP contribution in [0.5, 0.6) is 5.75 Å². The molecular weight excluding hydrogens is 224 g/mol. The summed E-state index contributed by atoms with van der Waals surface area (Å²) in [6, 6.07) is 5.86. The lowest BCUT2D eigenvalue weighted by molar-refractivity contribution is 0.157. The molecule has 0 spiro atoms. The van der Waals surface area contributed by atoms with Crippen LogP contribution in [0, 0.1) is 0 Å². The fourth-order valence-corrected chi connectivity index (χ4v) is 2.65. The molecule has 2 aromatic rings. The zero-order valence-electron chi connectivity index (χ0n) is 10.4. The van der Waals surface area contributed by atoms with E-state index in [0.29, 0.717) is 6.10 Å². The molecule has 0 aliphatic heterocycles. The third-order valence-electron chi connectivity index (χ3n) is 3.66. The Balaban J connectivity index is 1.94. The number of fused-ring (bicyclic) bond motifs is 1. The first-order valence-corrected chi connectivity index (χ1v) is 6.63. The lowest BCUT2D eigenvalue weighted by atomic mass is 9.97. The normalized spacial score (nSPS) is 16.9. The van der Waals surface area contributed by atoms with Gasteiger partial charge in [0.2, 0.25) is 0 Å². The topological polar surface area (TPSA) is 48.1 Å². The van der Waals surface area contributed by atoms with Gasteiger partial charge in [-0.15, -0.1) is 0 Å². The highest BCUT2D eigenvalue weighted by Crippen LogP contribution is 2.32. The first-order valence-electron chi connectivity index (χ1n) is 6.63. The van der Waals surface area contributed by atoms with Crippen LogP contribution in [0.4, 0.5) is 5.69 Å². The van der Waals surface area contributed by atoms with Gasteiger partial charge < -0.3 is 10.5 Å². The summed E-state index contributed by atoms with van der Waals surface area (Å²) in [6.07, 6.45) is 10.2. The zero-order valence-corrected chi connectivity index (χ0v) is 10.4. The third-order valence-corrected chi connectivity index (χ3v) is 3.66. The van der Waals surface area contributed by atoms with Crippen LogP contribution in [-0.2, 0) is 0 Å². The Labute approximate surface area is 107 Å². The molecular formula is C15H18N2O. The number of ether oxygens (including phenoxy) is 1. The Morgan fingerprint density at radius 2 is 1.89 bits per heavy atom. The number of rotatable bonds is 2. The Morgan fingerprint density at radius 1 is 1.06 bits per heavy atom. The first kappa shape index (κ1) is 11.3. The summed E-state index contributed by atoms with van der Waals surface area (Å²) in [7, 11) is 0. The summed E-state index contributed by atoms with van der Waals surface area (Å²) < 4.78 is 6.14. The van der Waals surface area contributed by atoms with E-state index in [2.05, 4.69) is 4.98 Å². The predicted molar refractivity (Wildman–Crippen MR) is 73.7 cm³/mol. The van der Waals surface area contributed by atoms with E-state index in [1.165, 1.54) is 19.3 Å². The molecule has 3 rings (SSSR count). The predicted octanol–water partition coefficient (Wildman–Crippen LogP) is 3.53. The van der Waals surface area contributed by atoms with Crippen molar-refractivity contribution in [3.63, 3.8) is 0 Å². The van der Waals surface area contributed by atoms with E-state index >= 15 is 0 Å². The van der Waals surface area contributed by atoms with Gasteiger partial charge in [0.1, 0.15) is 5.75 Å². The lowest BCUT2D eigenvalue weighted by Crippen LogP contribution is -2.19. The molecule has 1 fully saturated rings. The Morgan fingerprint density at radius 3 is 2.72 bits per heavy atom. The van der Waals surface area contributed by atoms with E-state index in [0.717, 1.165) is 35.1 Å². The molecule has 0 radical (unpaired) electrons. The van der Waals surface area contributed by atoms with E-state index in [1.807, 2.05) is 18.2 Å². The van der Waals surface area contributed by atoms with Crippen molar-refractivity contribution in [1.82, 2.24) is 4.98 Å². The molecule has 1 aromatic carbocycles.